The largest absolute Gasteiger partial charge is 0.489 e. The topological polar surface area (TPSA) is 78.9 Å². The third-order valence-corrected chi connectivity index (χ3v) is 5.44. The number of benzene rings is 1. The minimum Gasteiger partial charge on any atom is -0.286 e. The molecule has 0 fully saturated rings. The lowest BCUT2D eigenvalue weighted by atomic mass is 10.2. The molecule has 19 heavy (non-hydrogen) atoms. The van der Waals surface area contributed by atoms with Gasteiger partial charge < -0.3 is 0 Å². The Morgan fingerprint density at radius 1 is 1.05 bits per heavy atom. The fourth-order valence-corrected chi connectivity index (χ4v) is 4.32. The molecule has 0 aliphatic heterocycles. The zero-order chi connectivity index (χ0) is 14.4. The summed E-state index contributed by atoms with van der Waals surface area (Å²) in [5.74, 6) is -0.391. The van der Waals surface area contributed by atoms with Crippen molar-refractivity contribution in [3.63, 3.8) is 0 Å². The summed E-state index contributed by atoms with van der Waals surface area (Å²) < 4.78 is 49.7. The normalized spacial score (nSPS) is 12.5. The zero-order valence-corrected chi connectivity index (χ0v) is 12.5. The molecule has 0 saturated carbocycles. The van der Waals surface area contributed by atoms with Gasteiger partial charge in [-0.2, -0.15) is 12.4 Å². The van der Waals surface area contributed by atoms with Crippen LogP contribution in [0, 0.1) is 0 Å². The van der Waals surface area contributed by atoms with E-state index in [4.69, 9.17) is 9.05 Å². The maximum absolute atomic E-state index is 12.0. The quantitative estimate of drug-likeness (QED) is 0.687. The van der Waals surface area contributed by atoms with Gasteiger partial charge >= 0.3 is 7.82 Å². The summed E-state index contributed by atoms with van der Waals surface area (Å²) in [6.45, 7) is 3.19. The number of hydrogen-bond donors (Lipinski definition) is 0. The van der Waals surface area contributed by atoms with Crippen molar-refractivity contribution in [3.8, 4) is 0 Å². The highest BCUT2D eigenvalue weighted by Gasteiger charge is 2.33. The highest BCUT2D eigenvalue weighted by molar-refractivity contribution is 7.90. The fraction of sp³-hybridized carbons (Fsp3) is 0.455. The van der Waals surface area contributed by atoms with E-state index in [0.717, 1.165) is 0 Å². The van der Waals surface area contributed by atoms with Gasteiger partial charge in [0.2, 0.25) is 0 Å². The van der Waals surface area contributed by atoms with Gasteiger partial charge in [-0.1, -0.05) is 30.3 Å². The van der Waals surface area contributed by atoms with Gasteiger partial charge in [-0.25, -0.2) is 4.57 Å². The van der Waals surface area contributed by atoms with Crippen LogP contribution in [-0.4, -0.2) is 21.6 Å². The van der Waals surface area contributed by atoms with Gasteiger partial charge in [-0.3, -0.25) is 9.05 Å². The van der Waals surface area contributed by atoms with Crippen LogP contribution in [0.25, 0.3) is 0 Å². The van der Waals surface area contributed by atoms with Crippen LogP contribution in [0.4, 0.5) is 0 Å². The first-order valence-electron chi connectivity index (χ1n) is 5.77. The van der Waals surface area contributed by atoms with Crippen LogP contribution >= 0.6 is 7.82 Å². The first kappa shape index (κ1) is 16.3. The summed E-state index contributed by atoms with van der Waals surface area (Å²) in [4.78, 5) is 0. The molecule has 0 radical (unpaired) electrons. The average molecular weight is 308 g/mol. The molecule has 0 aliphatic rings. The molecule has 0 amide bonds. The molecule has 0 N–H and O–H groups in total. The second-order valence-corrected chi connectivity index (χ2v) is 6.96. The van der Waals surface area contributed by atoms with Crippen LogP contribution in [0.5, 0.6) is 0 Å². The number of hydrogen-bond acceptors (Lipinski definition) is 6. The fourth-order valence-electron chi connectivity index (χ4n) is 1.34. The van der Waals surface area contributed by atoms with E-state index in [0.29, 0.717) is 5.56 Å². The lowest BCUT2D eigenvalue weighted by Crippen LogP contribution is -2.10. The molecular weight excluding hydrogens is 291 g/mol. The van der Waals surface area contributed by atoms with Crippen LogP contribution in [0.3, 0.4) is 0 Å². The van der Waals surface area contributed by atoms with Crippen LogP contribution < -0.4 is 0 Å². The summed E-state index contributed by atoms with van der Waals surface area (Å²) in [5, 5.41) is 0. The van der Waals surface area contributed by atoms with Crippen molar-refractivity contribution in [1.29, 1.82) is 0 Å². The van der Waals surface area contributed by atoms with E-state index >= 15 is 0 Å². The van der Waals surface area contributed by atoms with E-state index in [9.17, 15) is 13.0 Å². The molecular formula is C11H17O6PS. The van der Waals surface area contributed by atoms with E-state index < -0.39 is 23.7 Å². The summed E-state index contributed by atoms with van der Waals surface area (Å²) in [7, 11) is -8.12. The molecule has 0 aliphatic carbocycles. The summed E-state index contributed by atoms with van der Waals surface area (Å²) >= 11 is 0. The lowest BCUT2D eigenvalue weighted by molar-refractivity contribution is 0.169. The zero-order valence-electron chi connectivity index (χ0n) is 10.8. The molecule has 0 unspecified atom stereocenters. The standard InChI is InChI=1S/C11H17O6PS/c1-3-15-18(12,16-4-2)17-19(13,14)10-11-8-6-5-7-9-11/h5-9H,3-4,10H2,1-2H3. The Kier molecular flexibility index (Phi) is 6.16. The molecule has 0 spiro atoms. The molecule has 1 aromatic carbocycles. The predicted octanol–water partition coefficient (Wildman–Crippen LogP) is 2.71. The number of phosphoric ester groups is 1. The Morgan fingerprint density at radius 3 is 2.05 bits per heavy atom. The Bertz CT molecular complexity index is 517. The van der Waals surface area contributed by atoms with Crippen molar-refractivity contribution >= 4 is 17.9 Å². The van der Waals surface area contributed by atoms with Crippen molar-refractivity contribution in [1.82, 2.24) is 0 Å². The van der Waals surface area contributed by atoms with Gasteiger partial charge in [-0.15, -0.1) is 0 Å². The summed E-state index contributed by atoms with van der Waals surface area (Å²) in [6, 6.07) is 8.44. The number of rotatable bonds is 8. The van der Waals surface area contributed by atoms with Gasteiger partial charge in [0.25, 0.3) is 10.1 Å². The SMILES string of the molecule is CCOP(=O)(OCC)OS(=O)(=O)Cc1ccccc1. The van der Waals surface area contributed by atoms with Gasteiger partial charge in [0.1, 0.15) is 5.75 Å². The molecule has 8 heteroatoms. The van der Waals surface area contributed by atoms with E-state index in [1.54, 1.807) is 44.2 Å². The third-order valence-electron chi connectivity index (χ3n) is 1.97. The third kappa shape index (κ3) is 5.84. The van der Waals surface area contributed by atoms with Crippen LogP contribution in [0.2, 0.25) is 0 Å². The molecule has 6 nitrogen and oxygen atoms in total. The lowest BCUT2D eigenvalue weighted by Gasteiger charge is -2.15. The van der Waals surface area contributed by atoms with E-state index in [-0.39, 0.29) is 13.2 Å². The van der Waals surface area contributed by atoms with Crippen molar-refractivity contribution in [3.05, 3.63) is 35.9 Å². The predicted molar refractivity (Wildman–Crippen MR) is 71.0 cm³/mol. The maximum Gasteiger partial charge on any atom is 0.489 e. The summed E-state index contributed by atoms with van der Waals surface area (Å²) in [5.41, 5.74) is 0.530. The minimum atomic E-state index is -4.07. The van der Waals surface area contributed by atoms with Crippen molar-refractivity contribution in [2.45, 2.75) is 19.6 Å². The smallest absolute Gasteiger partial charge is 0.286 e. The highest BCUT2D eigenvalue weighted by Crippen LogP contribution is 2.51. The van der Waals surface area contributed by atoms with E-state index in [1.807, 2.05) is 0 Å². The average Bonchev–Trinajstić information content (AvgIpc) is 2.28. The maximum atomic E-state index is 12.0. The Morgan fingerprint density at radius 2 is 1.58 bits per heavy atom. The molecule has 0 heterocycles. The summed E-state index contributed by atoms with van der Waals surface area (Å²) in [6.07, 6.45) is 0. The van der Waals surface area contributed by atoms with Gasteiger partial charge in [0.15, 0.2) is 0 Å². The van der Waals surface area contributed by atoms with Crippen molar-refractivity contribution in [2.24, 2.45) is 0 Å². The van der Waals surface area contributed by atoms with Gasteiger partial charge in [-0.05, 0) is 19.4 Å². The molecule has 0 saturated heterocycles. The van der Waals surface area contributed by atoms with Crippen LogP contribution in [0.1, 0.15) is 19.4 Å². The Labute approximate surface area is 113 Å². The Balaban J connectivity index is 2.80. The monoisotopic (exact) mass is 308 g/mol. The van der Waals surface area contributed by atoms with Gasteiger partial charge in [0, 0.05) is 0 Å². The van der Waals surface area contributed by atoms with Gasteiger partial charge in [0.05, 0.1) is 13.2 Å². The second kappa shape index (κ2) is 7.17. The first-order valence-corrected chi connectivity index (χ1v) is 8.81. The second-order valence-electron chi connectivity index (χ2n) is 3.54. The molecule has 108 valence electrons. The molecule has 1 rings (SSSR count). The van der Waals surface area contributed by atoms with E-state index in [2.05, 4.69) is 3.97 Å². The van der Waals surface area contributed by atoms with Crippen molar-refractivity contribution in [2.75, 3.05) is 13.2 Å². The highest BCUT2D eigenvalue weighted by atomic mass is 32.2. The molecule has 0 aromatic heterocycles. The van der Waals surface area contributed by atoms with Crippen LogP contribution in [0.15, 0.2) is 30.3 Å². The minimum absolute atomic E-state index is 0.0259. The molecule has 0 bridgehead atoms. The molecule has 0 atom stereocenters. The van der Waals surface area contributed by atoms with Crippen LogP contribution in [-0.2, 0) is 33.5 Å². The Hall–Kier alpha value is -0.720. The van der Waals surface area contributed by atoms with E-state index in [1.165, 1.54) is 0 Å². The van der Waals surface area contributed by atoms with Crippen molar-refractivity contribution < 1.29 is 26.0 Å². The molecule has 1 aromatic rings. The number of phosphoric acid groups is 1. The first-order chi connectivity index (χ1) is 8.91.